The van der Waals surface area contributed by atoms with Crippen LogP contribution in [0.25, 0.3) is 0 Å². The molecule has 100 valence electrons. The first-order chi connectivity index (χ1) is 8.30. The van der Waals surface area contributed by atoms with E-state index in [1.807, 2.05) is 51.1 Å². The summed E-state index contributed by atoms with van der Waals surface area (Å²) in [4.78, 5) is 11.3. The van der Waals surface area contributed by atoms with Crippen LogP contribution >= 0.6 is 0 Å². The Labute approximate surface area is 112 Å². The second-order valence-electron chi connectivity index (χ2n) is 5.37. The zero-order valence-corrected chi connectivity index (χ0v) is 12.2. The first kappa shape index (κ1) is 15.1. The molecule has 0 aliphatic heterocycles. The maximum Gasteiger partial charge on any atom is 0.131 e. The maximum absolute atomic E-state index is 12.1. The molecular weight excluding hydrogens is 246 g/mol. The molecule has 0 heterocycles. The molecule has 0 fully saturated rings. The van der Waals surface area contributed by atoms with E-state index in [-0.39, 0.29) is 16.6 Å². The number of carbonyl (C=O) groups excluding carboxylic acids is 1. The van der Waals surface area contributed by atoms with E-state index >= 15 is 0 Å². The Kier molecular flexibility index (Phi) is 5.23. The molecule has 0 aliphatic rings. The van der Waals surface area contributed by atoms with E-state index in [0.29, 0.717) is 6.42 Å². The van der Waals surface area contributed by atoms with Gasteiger partial charge in [-0.1, -0.05) is 30.3 Å². The van der Waals surface area contributed by atoms with E-state index in [0.717, 1.165) is 5.56 Å². The van der Waals surface area contributed by atoms with E-state index in [4.69, 9.17) is 0 Å². The van der Waals surface area contributed by atoms with Crippen LogP contribution in [0, 0.1) is 0 Å². The molecule has 0 aromatic heterocycles. The first-order valence-corrected chi connectivity index (χ1v) is 7.18. The number of carbonyl (C=O) groups is 1. The minimum absolute atomic E-state index is 0.0854. The van der Waals surface area contributed by atoms with Crippen LogP contribution in [0.5, 0.6) is 0 Å². The molecule has 0 aliphatic carbocycles. The van der Waals surface area contributed by atoms with Crippen LogP contribution in [-0.2, 0) is 15.8 Å². The number of rotatable bonds is 5. The lowest BCUT2D eigenvalue weighted by molar-refractivity contribution is -0.117. The third kappa shape index (κ3) is 4.70. The summed E-state index contributed by atoms with van der Waals surface area (Å²) in [6.45, 7) is 7.28. The third-order valence-electron chi connectivity index (χ3n) is 2.50. The van der Waals surface area contributed by atoms with Crippen molar-refractivity contribution in [3.05, 3.63) is 35.9 Å². The Morgan fingerprint density at radius 3 is 2.28 bits per heavy atom. The van der Waals surface area contributed by atoms with Gasteiger partial charge in [0, 0.05) is 6.42 Å². The number of hydrogen-bond donors (Lipinski definition) is 1. The highest BCUT2D eigenvalue weighted by molar-refractivity contribution is 7.84. The van der Waals surface area contributed by atoms with Gasteiger partial charge in [0.2, 0.25) is 0 Å². The lowest BCUT2D eigenvalue weighted by Gasteiger charge is -2.24. The summed E-state index contributed by atoms with van der Waals surface area (Å²) in [5, 5.41) is 0. The molecule has 4 heteroatoms. The maximum atomic E-state index is 12.1. The highest BCUT2D eigenvalue weighted by Gasteiger charge is 2.24. The summed E-state index contributed by atoms with van der Waals surface area (Å²) in [7, 11) is -1.19. The van der Waals surface area contributed by atoms with E-state index in [1.165, 1.54) is 0 Å². The zero-order chi connectivity index (χ0) is 13.8. The average Bonchev–Trinajstić information content (AvgIpc) is 2.27. The van der Waals surface area contributed by atoms with Gasteiger partial charge in [0.1, 0.15) is 5.78 Å². The first-order valence-electron chi connectivity index (χ1n) is 6.03. The quantitative estimate of drug-likeness (QED) is 0.891. The van der Waals surface area contributed by atoms with Gasteiger partial charge in [-0.15, -0.1) is 0 Å². The van der Waals surface area contributed by atoms with Gasteiger partial charge in [-0.3, -0.25) is 4.79 Å². The molecule has 1 N–H and O–H groups in total. The van der Waals surface area contributed by atoms with Crippen LogP contribution in [0.3, 0.4) is 0 Å². The minimum atomic E-state index is -1.19. The molecule has 18 heavy (non-hydrogen) atoms. The van der Waals surface area contributed by atoms with Crippen molar-refractivity contribution in [2.45, 2.75) is 44.9 Å². The predicted molar refractivity (Wildman–Crippen MR) is 75.5 cm³/mol. The SMILES string of the molecule is CC(=O)C[C@H](NS(=O)C(C)(C)C)c1ccccc1. The number of benzene rings is 1. The highest BCUT2D eigenvalue weighted by atomic mass is 32.2. The van der Waals surface area contributed by atoms with Crippen LogP contribution < -0.4 is 4.72 Å². The normalized spacial score (nSPS) is 15.1. The summed E-state index contributed by atoms with van der Waals surface area (Å²) in [6, 6.07) is 9.47. The van der Waals surface area contributed by atoms with Gasteiger partial charge >= 0.3 is 0 Å². The molecule has 3 nitrogen and oxygen atoms in total. The number of nitrogens with one attached hydrogen (secondary N) is 1. The van der Waals surface area contributed by atoms with E-state index < -0.39 is 11.0 Å². The monoisotopic (exact) mass is 267 g/mol. The topological polar surface area (TPSA) is 46.2 Å². The van der Waals surface area contributed by atoms with Gasteiger partial charge in [-0.05, 0) is 33.3 Å². The van der Waals surface area contributed by atoms with Gasteiger partial charge in [-0.2, -0.15) is 0 Å². The second kappa shape index (κ2) is 6.25. The lowest BCUT2D eigenvalue weighted by Crippen LogP contribution is -2.36. The fourth-order valence-corrected chi connectivity index (χ4v) is 2.34. The van der Waals surface area contributed by atoms with Crippen molar-refractivity contribution >= 4 is 16.8 Å². The van der Waals surface area contributed by atoms with Gasteiger partial charge in [-0.25, -0.2) is 8.93 Å². The molecule has 0 amide bonds. The second-order valence-corrected chi connectivity index (χ2v) is 7.37. The molecular formula is C14H21NO2S. The third-order valence-corrected chi connectivity index (χ3v) is 4.11. The van der Waals surface area contributed by atoms with Crippen LogP contribution in [0.2, 0.25) is 0 Å². The fourth-order valence-electron chi connectivity index (χ4n) is 1.51. The van der Waals surface area contributed by atoms with Crippen molar-refractivity contribution in [3.63, 3.8) is 0 Å². The number of ketones is 1. The molecule has 0 bridgehead atoms. The predicted octanol–water partition coefficient (Wildman–Crippen LogP) is 2.76. The molecule has 1 rings (SSSR count). The van der Waals surface area contributed by atoms with Gasteiger partial charge in [0.05, 0.1) is 21.8 Å². The Bertz CT molecular complexity index is 423. The van der Waals surface area contributed by atoms with Gasteiger partial charge in [0.25, 0.3) is 0 Å². The highest BCUT2D eigenvalue weighted by Crippen LogP contribution is 2.20. The van der Waals surface area contributed by atoms with Crippen molar-refractivity contribution in [3.8, 4) is 0 Å². The molecule has 0 spiro atoms. The molecule has 0 radical (unpaired) electrons. The van der Waals surface area contributed by atoms with Crippen LogP contribution in [0.15, 0.2) is 30.3 Å². The average molecular weight is 267 g/mol. The molecule has 1 unspecified atom stereocenters. The fraction of sp³-hybridized carbons (Fsp3) is 0.500. The largest absolute Gasteiger partial charge is 0.300 e. The van der Waals surface area contributed by atoms with Crippen molar-refractivity contribution in [2.24, 2.45) is 0 Å². The Hall–Kier alpha value is -1.00. The summed E-state index contributed by atoms with van der Waals surface area (Å²) in [5.74, 6) is 0.0854. The smallest absolute Gasteiger partial charge is 0.131 e. The van der Waals surface area contributed by atoms with Gasteiger partial charge < -0.3 is 0 Å². The number of Topliss-reactive ketones (excluding diaryl/α,β-unsaturated/α-hetero) is 1. The van der Waals surface area contributed by atoms with Crippen molar-refractivity contribution in [1.82, 2.24) is 4.72 Å². The zero-order valence-electron chi connectivity index (χ0n) is 11.4. The molecule has 0 saturated carbocycles. The number of hydrogen-bond acceptors (Lipinski definition) is 2. The van der Waals surface area contributed by atoms with Crippen LogP contribution in [0.4, 0.5) is 0 Å². The summed E-state index contributed by atoms with van der Waals surface area (Å²) < 4.78 is 14.8. The van der Waals surface area contributed by atoms with Crippen molar-refractivity contribution in [1.29, 1.82) is 0 Å². The Morgan fingerprint density at radius 2 is 1.83 bits per heavy atom. The van der Waals surface area contributed by atoms with Crippen LogP contribution in [0.1, 0.15) is 45.7 Å². The standard InChI is InChI=1S/C14H21NO2S/c1-11(16)10-13(12-8-6-5-7-9-12)15-18(17)14(2,3)4/h5-9,13,15H,10H2,1-4H3/t13-,18?/m0/s1. The Balaban J connectivity index is 2.87. The lowest BCUT2D eigenvalue weighted by atomic mass is 10.0. The van der Waals surface area contributed by atoms with Crippen molar-refractivity contribution in [2.75, 3.05) is 0 Å². The summed E-state index contributed by atoms with van der Waals surface area (Å²) in [6.07, 6.45) is 0.353. The molecule has 2 atom stereocenters. The van der Waals surface area contributed by atoms with E-state index in [1.54, 1.807) is 6.92 Å². The van der Waals surface area contributed by atoms with Crippen molar-refractivity contribution < 1.29 is 9.00 Å². The summed E-state index contributed by atoms with van der Waals surface area (Å²) in [5.41, 5.74) is 0.991. The Morgan fingerprint density at radius 1 is 1.28 bits per heavy atom. The van der Waals surface area contributed by atoms with Crippen LogP contribution in [-0.4, -0.2) is 14.7 Å². The molecule has 1 aromatic rings. The molecule has 1 aromatic carbocycles. The van der Waals surface area contributed by atoms with E-state index in [2.05, 4.69) is 4.72 Å². The molecule has 0 saturated heterocycles. The minimum Gasteiger partial charge on any atom is -0.300 e. The summed E-state index contributed by atoms with van der Waals surface area (Å²) >= 11 is 0. The van der Waals surface area contributed by atoms with Gasteiger partial charge in [0.15, 0.2) is 0 Å². The van der Waals surface area contributed by atoms with E-state index in [9.17, 15) is 9.00 Å².